The standard InChI is InChI=1S/C24H24N2O8S/c1-6-34-24(28)20-19(14-7-9-16(10-8-14)26(29)30)13(2)35-23(20)25-22(27)15-11-17(31-3)21(33-5)18(12-15)32-4/h7-12H,6H2,1-5H3,(H,25,27). The maximum atomic E-state index is 13.2. The van der Waals surface area contributed by atoms with Gasteiger partial charge in [0.1, 0.15) is 10.6 Å². The second kappa shape index (κ2) is 10.9. The number of aryl methyl sites for hydroxylation is 1. The summed E-state index contributed by atoms with van der Waals surface area (Å²) >= 11 is 1.20. The lowest BCUT2D eigenvalue weighted by Gasteiger charge is -2.14. The Morgan fingerprint density at radius 1 is 1.03 bits per heavy atom. The van der Waals surface area contributed by atoms with Gasteiger partial charge >= 0.3 is 5.97 Å². The molecule has 0 aliphatic carbocycles. The Bertz CT molecular complexity index is 1240. The fourth-order valence-electron chi connectivity index (χ4n) is 3.52. The molecule has 1 amide bonds. The van der Waals surface area contributed by atoms with Gasteiger partial charge in [0.15, 0.2) is 11.5 Å². The van der Waals surface area contributed by atoms with E-state index in [4.69, 9.17) is 18.9 Å². The van der Waals surface area contributed by atoms with Crippen LogP contribution >= 0.6 is 11.3 Å². The first-order chi connectivity index (χ1) is 16.7. The molecule has 1 aromatic heterocycles. The van der Waals surface area contributed by atoms with Crippen molar-refractivity contribution in [2.45, 2.75) is 13.8 Å². The Morgan fingerprint density at radius 3 is 2.11 bits per heavy atom. The van der Waals surface area contributed by atoms with Gasteiger partial charge in [0.25, 0.3) is 11.6 Å². The normalized spacial score (nSPS) is 10.4. The summed E-state index contributed by atoms with van der Waals surface area (Å²) in [4.78, 5) is 37.3. The first-order valence-corrected chi connectivity index (χ1v) is 11.2. The second-order valence-electron chi connectivity index (χ2n) is 7.13. The van der Waals surface area contributed by atoms with Gasteiger partial charge in [0.05, 0.1) is 32.9 Å². The predicted octanol–water partition coefficient (Wildman–Crippen LogP) is 5.09. The minimum atomic E-state index is -0.620. The molecule has 0 aliphatic rings. The number of hydrogen-bond donors (Lipinski definition) is 1. The zero-order valence-corrected chi connectivity index (χ0v) is 20.6. The summed E-state index contributed by atoms with van der Waals surface area (Å²) in [6.07, 6.45) is 0. The molecule has 1 heterocycles. The molecule has 35 heavy (non-hydrogen) atoms. The van der Waals surface area contributed by atoms with Gasteiger partial charge < -0.3 is 24.3 Å². The molecule has 0 saturated heterocycles. The smallest absolute Gasteiger partial charge is 0.341 e. The summed E-state index contributed by atoms with van der Waals surface area (Å²) in [6.45, 7) is 3.60. The molecule has 10 nitrogen and oxygen atoms in total. The molecule has 0 atom stereocenters. The van der Waals surface area contributed by atoms with E-state index in [0.717, 1.165) is 4.88 Å². The first kappa shape index (κ1) is 25.5. The van der Waals surface area contributed by atoms with Crippen molar-refractivity contribution in [3.05, 3.63) is 62.5 Å². The number of carbonyl (C=O) groups is 2. The number of hydrogen-bond acceptors (Lipinski definition) is 9. The molecule has 0 unspecified atom stereocenters. The zero-order valence-electron chi connectivity index (χ0n) is 19.8. The summed E-state index contributed by atoms with van der Waals surface area (Å²) in [7, 11) is 4.34. The molecule has 0 aliphatic heterocycles. The monoisotopic (exact) mass is 500 g/mol. The topological polar surface area (TPSA) is 126 Å². The number of non-ortho nitro benzene ring substituents is 1. The Morgan fingerprint density at radius 2 is 1.63 bits per heavy atom. The highest BCUT2D eigenvalue weighted by atomic mass is 32.1. The van der Waals surface area contributed by atoms with Gasteiger partial charge in [0, 0.05) is 28.1 Å². The molecule has 11 heteroatoms. The Balaban J connectivity index is 2.07. The Labute approximate surface area is 205 Å². The number of carbonyl (C=O) groups excluding carboxylic acids is 2. The molecule has 0 spiro atoms. The Kier molecular flexibility index (Phi) is 7.92. The lowest BCUT2D eigenvalue weighted by molar-refractivity contribution is -0.384. The van der Waals surface area contributed by atoms with Gasteiger partial charge in [-0.2, -0.15) is 0 Å². The van der Waals surface area contributed by atoms with Crippen molar-refractivity contribution >= 4 is 33.9 Å². The summed E-state index contributed by atoms with van der Waals surface area (Å²) in [5.41, 5.74) is 1.43. The van der Waals surface area contributed by atoms with Crippen molar-refractivity contribution < 1.29 is 33.5 Å². The molecule has 1 N–H and O–H groups in total. The van der Waals surface area contributed by atoms with Crippen LogP contribution in [0.2, 0.25) is 0 Å². The number of nitro groups is 1. The zero-order chi connectivity index (χ0) is 25.7. The van der Waals surface area contributed by atoms with Crippen LogP contribution in [0.25, 0.3) is 11.1 Å². The third-order valence-corrected chi connectivity index (χ3v) is 6.11. The van der Waals surface area contributed by atoms with Crippen LogP contribution in [0.5, 0.6) is 17.2 Å². The van der Waals surface area contributed by atoms with Crippen LogP contribution in [0, 0.1) is 17.0 Å². The van der Waals surface area contributed by atoms with Crippen LogP contribution in [-0.4, -0.2) is 44.7 Å². The number of thiophene rings is 1. The number of rotatable bonds is 9. The fourth-order valence-corrected chi connectivity index (χ4v) is 4.57. The summed E-state index contributed by atoms with van der Waals surface area (Å²) in [6, 6.07) is 8.82. The van der Waals surface area contributed by atoms with Gasteiger partial charge in [-0.25, -0.2) is 4.79 Å². The number of anilines is 1. The van der Waals surface area contributed by atoms with Crippen molar-refractivity contribution in [1.82, 2.24) is 0 Å². The van der Waals surface area contributed by atoms with Crippen molar-refractivity contribution in [1.29, 1.82) is 0 Å². The van der Waals surface area contributed by atoms with Gasteiger partial charge in [0.2, 0.25) is 5.75 Å². The molecule has 0 bridgehead atoms. The number of nitro benzene ring substituents is 1. The lowest BCUT2D eigenvalue weighted by atomic mass is 10.0. The summed E-state index contributed by atoms with van der Waals surface area (Å²) in [5, 5.41) is 14.1. The fraction of sp³-hybridized carbons (Fsp3) is 0.250. The molecular weight excluding hydrogens is 476 g/mol. The number of nitrogens with zero attached hydrogens (tertiary/aromatic N) is 1. The minimum Gasteiger partial charge on any atom is -0.493 e. The van der Waals surface area contributed by atoms with Gasteiger partial charge in [-0.05, 0) is 43.7 Å². The highest BCUT2D eigenvalue weighted by Gasteiger charge is 2.27. The van der Waals surface area contributed by atoms with E-state index in [9.17, 15) is 19.7 Å². The SMILES string of the molecule is CCOC(=O)c1c(NC(=O)c2cc(OC)c(OC)c(OC)c2)sc(C)c1-c1ccc([N+](=O)[O-])cc1. The molecular formula is C24H24N2O8S. The lowest BCUT2D eigenvalue weighted by Crippen LogP contribution is -2.15. The highest BCUT2D eigenvalue weighted by molar-refractivity contribution is 7.17. The van der Waals surface area contributed by atoms with Gasteiger partial charge in [-0.15, -0.1) is 11.3 Å². The van der Waals surface area contributed by atoms with Gasteiger partial charge in [-0.3, -0.25) is 14.9 Å². The summed E-state index contributed by atoms with van der Waals surface area (Å²) in [5.74, 6) is -0.184. The highest BCUT2D eigenvalue weighted by Crippen LogP contribution is 2.42. The van der Waals surface area contributed by atoms with Crippen LogP contribution in [0.1, 0.15) is 32.5 Å². The van der Waals surface area contributed by atoms with E-state index in [-0.39, 0.29) is 28.4 Å². The van der Waals surface area contributed by atoms with E-state index in [1.54, 1.807) is 26.0 Å². The minimum absolute atomic E-state index is 0.0738. The van der Waals surface area contributed by atoms with Crippen molar-refractivity contribution in [2.75, 3.05) is 33.3 Å². The predicted molar refractivity (Wildman–Crippen MR) is 131 cm³/mol. The van der Waals surface area contributed by atoms with E-state index in [2.05, 4.69) is 5.32 Å². The molecule has 0 saturated carbocycles. The van der Waals surface area contributed by atoms with E-state index in [0.29, 0.717) is 28.4 Å². The van der Waals surface area contributed by atoms with Crippen molar-refractivity contribution in [3.63, 3.8) is 0 Å². The van der Waals surface area contributed by atoms with E-state index in [1.807, 2.05) is 0 Å². The van der Waals surface area contributed by atoms with Gasteiger partial charge in [-0.1, -0.05) is 0 Å². The first-order valence-electron chi connectivity index (χ1n) is 10.4. The maximum Gasteiger partial charge on any atom is 0.341 e. The van der Waals surface area contributed by atoms with Crippen LogP contribution in [-0.2, 0) is 4.74 Å². The molecule has 0 radical (unpaired) electrons. The molecule has 3 aromatic rings. The number of ether oxygens (including phenoxy) is 4. The third kappa shape index (κ3) is 5.19. The van der Waals surface area contributed by atoms with E-state index in [1.165, 1.54) is 56.9 Å². The van der Waals surface area contributed by atoms with Crippen molar-refractivity contribution in [3.8, 4) is 28.4 Å². The molecule has 184 valence electrons. The average Bonchev–Trinajstić information content (AvgIpc) is 3.18. The number of amides is 1. The molecule has 3 rings (SSSR count). The largest absolute Gasteiger partial charge is 0.493 e. The van der Waals surface area contributed by atoms with Crippen LogP contribution in [0.15, 0.2) is 36.4 Å². The van der Waals surface area contributed by atoms with E-state index < -0.39 is 16.8 Å². The van der Waals surface area contributed by atoms with E-state index >= 15 is 0 Å². The number of nitrogens with one attached hydrogen (secondary N) is 1. The average molecular weight is 501 g/mol. The second-order valence-corrected chi connectivity index (χ2v) is 8.35. The quantitative estimate of drug-likeness (QED) is 0.245. The molecule has 2 aromatic carbocycles. The maximum absolute atomic E-state index is 13.2. The number of benzene rings is 2. The van der Waals surface area contributed by atoms with Crippen LogP contribution < -0.4 is 19.5 Å². The van der Waals surface area contributed by atoms with Crippen LogP contribution in [0.4, 0.5) is 10.7 Å². The third-order valence-electron chi connectivity index (χ3n) is 5.08. The summed E-state index contributed by atoms with van der Waals surface area (Å²) < 4.78 is 21.2. The van der Waals surface area contributed by atoms with Crippen molar-refractivity contribution in [2.24, 2.45) is 0 Å². The number of esters is 1. The van der Waals surface area contributed by atoms with Crippen LogP contribution in [0.3, 0.4) is 0 Å². The molecule has 0 fully saturated rings. The number of methoxy groups -OCH3 is 3. The Hall–Kier alpha value is -4.12.